The van der Waals surface area contributed by atoms with Gasteiger partial charge in [0.05, 0.1) is 6.42 Å². The lowest BCUT2D eigenvalue weighted by Crippen LogP contribution is -2.42. The maximum absolute atomic E-state index is 10.7. The van der Waals surface area contributed by atoms with Gasteiger partial charge in [0.15, 0.2) is 0 Å². The molecule has 0 bridgehead atoms. The number of nitrogens with zero attached hydrogens (tertiary/aromatic N) is 1. The van der Waals surface area contributed by atoms with E-state index in [1.165, 1.54) is 5.56 Å². The Hall–Kier alpha value is -1.06. The monoisotopic (exact) mass is 281 g/mol. The smallest absolute Gasteiger partial charge is 0.304 e. The van der Waals surface area contributed by atoms with Crippen LogP contribution in [0.2, 0.25) is 5.02 Å². The zero-order valence-corrected chi connectivity index (χ0v) is 12.2. The first kappa shape index (κ1) is 14.4. The summed E-state index contributed by atoms with van der Waals surface area (Å²) in [7, 11) is 0. The Bertz CT molecular complexity index is 473. The Morgan fingerprint density at radius 3 is 2.89 bits per heavy atom. The average Bonchev–Trinajstić information content (AvgIpc) is 2.61. The summed E-state index contributed by atoms with van der Waals surface area (Å²) < 4.78 is 0. The maximum atomic E-state index is 10.7. The molecule has 1 saturated heterocycles. The molecule has 0 amide bonds. The lowest BCUT2D eigenvalue weighted by molar-refractivity contribution is -0.137. The third-order valence-corrected chi connectivity index (χ3v) is 4.44. The molecule has 1 aliphatic heterocycles. The highest BCUT2D eigenvalue weighted by Gasteiger charge is 2.41. The Kier molecular flexibility index (Phi) is 4.16. The van der Waals surface area contributed by atoms with Gasteiger partial charge in [-0.25, -0.2) is 0 Å². The Balaban J connectivity index is 2.14. The second-order valence-electron chi connectivity index (χ2n) is 5.68. The van der Waals surface area contributed by atoms with Crippen LogP contribution in [0.25, 0.3) is 0 Å². The molecule has 4 heteroatoms. The van der Waals surface area contributed by atoms with Gasteiger partial charge in [-0.3, -0.25) is 9.69 Å². The molecule has 1 aromatic rings. The van der Waals surface area contributed by atoms with Crippen LogP contribution in [0.1, 0.15) is 38.2 Å². The first-order valence-electron chi connectivity index (χ1n) is 6.63. The van der Waals surface area contributed by atoms with Crippen LogP contribution in [0.15, 0.2) is 24.3 Å². The lowest BCUT2D eigenvalue weighted by atomic mass is 9.83. The molecule has 3 nitrogen and oxygen atoms in total. The van der Waals surface area contributed by atoms with Crippen LogP contribution in [0.4, 0.5) is 0 Å². The highest BCUT2D eigenvalue weighted by Crippen LogP contribution is 2.42. The van der Waals surface area contributed by atoms with Crippen molar-refractivity contribution in [2.24, 2.45) is 0 Å². The number of carboxylic acid groups (broad SMARTS) is 1. The van der Waals surface area contributed by atoms with Crippen molar-refractivity contribution >= 4 is 17.6 Å². The van der Waals surface area contributed by atoms with Crippen molar-refractivity contribution in [3.8, 4) is 0 Å². The molecular formula is C15H20ClNO2. The van der Waals surface area contributed by atoms with Crippen LogP contribution in [-0.2, 0) is 4.79 Å². The molecule has 0 aliphatic carbocycles. The van der Waals surface area contributed by atoms with Crippen LogP contribution in [0, 0.1) is 0 Å². The number of aliphatic carboxylic acids is 1. The van der Waals surface area contributed by atoms with E-state index in [-0.39, 0.29) is 12.0 Å². The molecule has 1 aliphatic rings. The van der Waals surface area contributed by atoms with Gasteiger partial charge >= 0.3 is 5.97 Å². The molecule has 0 radical (unpaired) electrons. The van der Waals surface area contributed by atoms with E-state index in [1.54, 1.807) is 0 Å². The van der Waals surface area contributed by atoms with E-state index in [0.29, 0.717) is 12.5 Å². The van der Waals surface area contributed by atoms with Crippen LogP contribution < -0.4 is 0 Å². The molecule has 1 N–H and O–H groups in total. The fraction of sp³-hybridized carbons (Fsp3) is 0.533. The van der Waals surface area contributed by atoms with Crippen molar-refractivity contribution < 1.29 is 9.90 Å². The highest BCUT2D eigenvalue weighted by molar-refractivity contribution is 6.30. The van der Waals surface area contributed by atoms with Gasteiger partial charge in [0, 0.05) is 23.0 Å². The molecule has 1 atom stereocenters. The van der Waals surface area contributed by atoms with Crippen molar-refractivity contribution in [1.29, 1.82) is 0 Å². The minimum Gasteiger partial charge on any atom is -0.481 e. The molecule has 1 fully saturated rings. The van der Waals surface area contributed by atoms with Gasteiger partial charge < -0.3 is 5.11 Å². The Morgan fingerprint density at radius 1 is 1.53 bits per heavy atom. The number of hydrogen-bond donors (Lipinski definition) is 1. The first-order valence-corrected chi connectivity index (χ1v) is 7.01. The van der Waals surface area contributed by atoms with Gasteiger partial charge in [-0.15, -0.1) is 0 Å². The van der Waals surface area contributed by atoms with Crippen LogP contribution in [-0.4, -0.2) is 34.6 Å². The van der Waals surface area contributed by atoms with Crippen molar-refractivity contribution in [2.75, 3.05) is 13.1 Å². The largest absolute Gasteiger partial charge is 0.481 e. The predicted octanol–water partition coefficient (Wildman–Crippen LogP) is 3.38. The second kappa shape index (κ2) is 5.51. The number of carboxylic acids is 1. The zero-order valence-electron chi connectivity index (χ0n) is 11.4. The normalized spacial score (nSPS) is 22.6. The second-order valence-corrected chi connectivity index (χ2v) is 6.12. The molecule has 0 aromatic heterocycles. The van der Waals surface area contributed by atoms with Crippen LogP contribution >= 0.6 is 11.6 Å². The van der Waals surface area contributed by atoms with Gasteiger partial charge in [-0.2, -0.15) is 0 Å². The highest BCUT2D eigenvalue weighted by atomic mass is 35.5. The summed E-state index contributed by atoms with van der Waals surface area (Å²) in [6.07, 6.45) is 1.25. The number of rotatable bonds is 4. The maximum Gasteiger partial charge on any atom is 0.304 e. The molecule has 19 heavy (non-hydrogen) atoms. The van der Waals surface area contributed by atoms with Gasteiger partial charge in [-0.1, -0.05) is 23.7 Å². The van der Waals surface area contributed by atoms with E-state index in [0.717, 1.165) is 18.0 Å². The van der Waals surface area contributed by atoms with E-state index in [2.05, 4.69) is 24.8 Å². The molecule has 104 valence electrons. The summed E-state index contributed by atoms with van der Waals surface area (Å²) in [6, 6.07) is 8.00. The quantitative estimate of drug-likeness (QED) is 0.920. The number of hydrogen-bond acceptors (Lipinski definition) is 2. The Morgan fingerprint density at radius 2 is 2.26 bits per heavy atom. The standard InChI is InChI=1S/C15H20ClNO2/c1-15(2)13(11-4-3-5-12(16)10-11)6-8-17(15)9-7-14(18)19/h3-5,10,13H,6-9H2,1-2H3,(H,18,19)/t13-/m1/s1. The zero-order chi connectivity index (χ0) is 14.0. The minimum atomic E-state index is -0.734. The summed E-state index contributed by atoms with van der Waals surface area (Å²) in [4.78, 5) is 13.0. The van der Waals surface area contributed by atoms with E-state index < -0.39 is 5.97 Å². The summed E-state index contributed by atoms with van der Waals surface area (Å²) in [5.41, 5.74) is 1.22. The number of likely N-dealkylation sites (tertiary alicyclic amines) is 1. The first-order chi connectivity index (χ1) is 8.91. The molecular weight excluding hydrogens is 262 g/mol. The van der Waals surface area contributed by atoms with E-state index >= 15 is 0 Å². The molecule has 0 unspecified atom stereocenters. The molecule has 1 aromatic carbocycles. The molecule has 0 spiro atoms. The fourth-order valence-electron chi connectivity index (χ4n) is 3.08. The number of halogens is 1. The summed E-state index contributed by atoms with van der Waals surface area (Å²) in [5, 5.41) is 9.58. The van der Waals surface area contributed by atoms with Crippen molar-refractivity contribution in [2.45, 2.75) is 38.1 Å². The summed E-state index contributed by atoms with van der Waals surface area (Å²) >= 11 is 6.06. The summed E-state index contributed by atoms with van der Waals surface area (Å²) in [5.74, 6) is -0.331. The van der Waals surface area contributed by atoms with Crippen molar-refractivity contribution in [3.63, 3.8) is 0 Å². The molecule has 2 rings (SSSR count). The topological polar surface area (TPSA) is 40.5 Å². The van der Waals surface area contributed by atoms with E-state index in [1.807, 2.05) is 18.2 Å². The third-order valence-electron chi connectivity index (χ3n) is 4.20. The number of benzene rings is 1. The van der Waals surface area contributed by atoms with Crippen molar-refractivity contribution in [3.05, 3.63) is 34.9 Å². The van der Waals surface area contributed by atoms with Gasteiger partial charge in [0.25, 0.3) is 0 Å². The predicted molar refractivity (Wildman–Crippen MR) is 76.7 cm³/mol. The minimum absolute atomic E-state index is 0.0276. The fourth-order valence-corrected chi connectivity index (χ4v) is 3.27. The van der Waals surface area contributed by atoms with E-state index in [4.69, 9.17) is 16.7 Å². The van der Waals surface area contributed by atoms with Crippen LogP contribution in [0.5, 0.6) is 0 Å². The van der Waals surface area contributed by atoms with Crippen LogP contribution in [0.3, 0.4) is 0 Å². The molecule has 1 heterocycles. The van der Waals surface area contributed by atoms with E-state index in [9.17, 15) is 4.79 Å². The average molecular weight is 282 g/mol. The number of carbonyl (C=O) groups is 1. The lowest BCUT2D eigenvalue weighted by Gasteiger charge is -2.36. The van der Waals surface area contributed by atoms with Gasteiger partial charge in [0.2, 0.25) is 0 Å². The van der Waals surface area contributed by atoms with Gasteiger partial charge in [-0.05, 0) is 44.5 Å². The third kappa shape index (κ3) is 3.10. The molecule has 0 saturated carbocycles. The van der Waals surface area contributed by atoms with Crippen molar-refractivity contribution in [1.82, 2.24) is 4.90 Å². The summed E-state index contributed by atoms with van der Waals surface area (Å²) in [6.45, 7) is 5.93. The van der Waals surface area contributed by atoms with Gasteiger partial charge in [0.1, 0.15) is 0 Å². The Labute approximate surface area is 119 Å². The SMILES string of the molecule is CC1(C)[C@@H](c2cccc(Cl)c2)CCN1CCC(=O)O.